The molecular weight excluding hydrogens is 386 g/mol. The van der Waals surface area contributed by atoms with E-state index in [9.17, 15) is 14.4 Å². The van der Waals surface area contributed by atoms with E-state index in [0.29, 0.717) is 35.0 Å². The smallest absolute Gasteiger partial charge is 0.250 e. The molecule has 2 aromatic carbocycles. The summed E-state index contributed by atoms with van der Waals surface area (Å²) < 4.78 is 10.5. The first kappa shape index (κ1) is 18.6. The minimum Gasteiger partial charge on any atom is -0.497 e. The minimum atomic E-state index is -1.25. The molecule has 3 unspecified atom stereocenters. The van der Waals surface area contributed by atoms with Crippen molar-refractivity contribution in [2.45, 2.75) is 5.54 Å². The number of imide groups is 1. The number of likely N-dealkylation sites (tertiary alicyclic amines) is 1. The van der Waals surface area contributed by atoms with E-state index in [2.05, 4.69) is 5.32 Å². The molecule has 2 saturated heterocycles. The number of anilines is 2. The third-order valence-corrected chi connectivity index (χ3v) is 6.51. The van der Waals surface area contributed by atoms with Crippen molar-refractivity contribution in [2.24, 2.45) is 11.8 Å². The maximum Gasteiger partial charge on any atom is 0.250 e. The van der Waals surface area contributed by atoms with E-state index >= 15 is 0 Å². The van der Waals surface area contributed by atoms with Crippen LogP contribution in [-0.2, 0) is 19.9 Å². The number of ether oxygens (including phenoxy) is 2. The Morgan fingerprint density at radius 2 is 1.63 bits per heavy atom. The van der Waals surface area contributed by atoms with Gasteiger partial charge in [-0.25, -0.2) is 4.90 Å². The highest BCUT2D eigenvalue weighted by atomic mass is 16.5. The molecule has 3 aliphatic rings. The lowest BCUT2D eigenvalue weighted by atomic mass is 9.76. The highest BCUT2D eigenvalue weighted by Gasteiger charge is 2.70. The van der Waals surface area contributed by atoms with E-state index in [1.165, 1.54) is 4.90 Å². The van der Waals surface area contributed by atoms with Gasteiger partial charge in [0.05, 0.1) is 31.7 Å². The molecule has 30 heavy (non-hydrogen) atoms. The molecule has 3 atom stereocenters. The Hall–Kier alpha value is -3.39. The van der Waals surface area contributed by atoms with Crippen molar-refractivity contribution in [3.8, 4) is 11.5 Å². The lowest BCUT2D eigenvalue weighted by Crippen LogP contribution is -2.52. The van der Waals surface area contributed by atoms with Crippen LogP contribution < -0.4 is 19.7 Å². The number of benzene rings is 2. The summed E-state index contributed by atoms with van der Waals surface area (Å²) in [6, 6.07) is 12.1. The molecule has 2 aromatic rings. The minimum absolute atomic E-state index is 0.289. The zero-order chi connectivity index (χ0) is 21.2. The van der Waals surface area contributed by atoms with Crippen molar-refractivity contribution < 1.29 is 23.9 Å². The summed E-state index contributed by atoms with van der Waals surface area (Å²) in [5.41, 5.74) is 0.529. The summed E-state index contributed by atoms with van der Waals surface area (Å²) >= 11 is 0. The second-order valence-corrected chi connectivity index (χ2v) is 7.81. The van der Waals surface area contributed by atoms with Gasteiger partial charge in [-0.2, -0.15) is 0 Å². The fourth-order valence-corrected chi connectivity index (χ4v) is 5.15. The largest absolute Gasteiger partial charge is 0.497 e. The lowest BCUT2D eigenvalue weighted by molar-refractivity contribution is -0.134. The van der Waals surface area contributed by atoms with E-state index in [4.69, 9.17) is 9.47 Å². The summed E-state index contributed by atoms with van der Waals surface area (Å²) in [4.78, 5) is 43.2. The molecule has 3 aliphatic heterocycles. The highest BCUT2D eigenvalue weighted by molar-refractivity contribution is 6.25. The quantitative estimate of drug-likeness (QED) is 0.778. The van der Waals surface area contributed by atoms with Crippen LogP contribution in [0.1, 0.15) is 5.56 Å². The summed E-state index contributed by atoms with van der Waals surface area (Å²) in [6.07, 6.45) is 0. The SMILES string of the molecule is COc1ccc(N2C(=O)C3CN(C)C4(C(=O)Nc5ccc(OC)cc54)C3C2=O)cc1. The van der Waals surface area contributed by atoms with Crippen molar-refractivity contribution in [2.75, 3.05) is 38.0 Å². The molecule has 0 radical (unpaired) electrons. The standard InChI is InChI=1S/C22H21N3O5/c1-24-11-15-18(20(27)25(19(15)26)12-4-6-13(29-2)7-5-12)22(24)16-10-14(30-3)8-9-17(16)23-21(22)28/h4-10,15,18H,11H2,1-3H3,(H,23,28). The Labute approximate surface area is 173 Å². The number of carbonyl (C=O) groups excluding carboxylic acids is 3. The van der Waals surface area contributed by atoms with Crippen molar-refractivity contribution in [1.82, 2.24) is 4.90 Å². The van der Waals surface area contributed by atoms with Crippen LogP contribution in [0.5, 0.6) is 11.5 Å². The van der Waals surface area contributed by atoms with Gasteiger partial charge >= 0.3 is 0 Å². The number of amides is 3. The molecule has 0 bridgehead atoms. The predicted molar refractivity (Wildman–Crippen MR) is 108 cm³/mol. The van der Waals surface area contributed by atoms with Crippen LogP contribution in [0.2, 0.25) is 0 Å². The lowest BCUT2D eigenvalue weighted by Gasteiger charge is -2.34. The van der Waals surface area contributed by atoms with Crippen LogP contribution in [0.3, 0.4) is 0 Å². The van der Waals surface area contributed by atoms with Crippen LogP contribution >= 0.6 is 0 Å². The van der Waals surface area contributed by atoms with Gasteiger partial charge < -0.3 is 14.8 Å². The average Bonchev–Trinajstić information content (AvgIpc) is 3.31. The van der Waals surface area contributed by atoms with Gasteiger partial charge in [-0.15, -0.1) is 0 Å². The van der Waals surface area contributed by atoms with Gasteiger partial charge in [0.1, 0.15) is 17.0 Å². The molecule has 8 heteroatoms. The molecule has 0 aromatic heterocycles. The van der Waals surface area contributed by atoms with Crippen LogP contribution in [0, 0.1) is 11.8 Å². The maximum absolute atomic E-state index is 13.6. The molecule has 3 heterocycles. The van der Waals surface area contributed by atoms with Gasteiger partial charge in [0.25, 0.3) is 0 Å². The molecule has 1 N–H and O–H groups in total. The van der Waals surface area contributed by atoms with E-state index < -0.39 is 17.4 Å². The van der Waals surface area contributed by atoms with Gasteiger partial charge in [0.15, 0.2) is 0 Å². The molecule has 5 rings (SSSR count). The second kappa shape index (κ2) is 6.30. The summed E-state index contributed by atoms with van der Waals surface area (Å²) in [5, 5.41) is 2.89. The fraction of sp³-hybridized carbons (Fsp3) is 0.318. The number of hydrogen-bond acceptors (Lipinski definition) is 6. The molecule has 154 valence electrons. The summed E-state index contributed by atoms with van der Waals surface area (Å²) in [7, 11) is 4.88. The first-order valence-corrected chi connectivity index (χ1v) is 9.66. The number of methoxy groups -OCH3 is 2. The Balaban J connectivity index is 1.63. The first-order chi connectivity index (χ1) is 14.4. The van der Waals surface area contributed by atoms with Crippen LogP contribution in [0.4, 0.5) is 11.4 Å². The number of rotatable bonds is 3. The molecule has 0 aliphatic carbocycles. The third kappa shape index (κ3) is 2.16. The highest BCUT2D eigenvalue weighted by Crippen LogP contribution is 2.56. The summed E-state index contributed by atoms with van der Waals surface area (Å²) in [6.45, 7) is 0.311. The van der Waals surface area contributed by atoms with E-state index in [-0.39, 0.29) is 17.7 Å². The van der Waals surface area contributed by atoms with Crippen LogP contribution in [0.25, 0.3) is 0 Å². The number of nitrogens with one attached hydrogen (secondary N) is 1. The monoisotopic (exact) mass is 407 g/mol. The molecule has 0 saturated carbocycles. The summed E-state index contributed by atoms with van der Waals surface area (Å²) in [5.74, 6) is -1.15. The maximum atomic E-state index is 13.6. The second-order valence-electron chi connectivity index (χ2n) is 7.81. The number of nitrogens with zero attached hydrogens (tertiary/aromatic N) is 2. The van der Waals surface area contributed by atoms with Gasteiger partial charge in [0.2, 0.25) is 17.7 Å². The molecule has 1 spiro atoms. The van der Waals surface area contributed by atoms with Crippen molar-refractivity contribution in [1.29, 1.82) is 0 Å². The van der Waals surface area contributed by atoms with Crippen LogP contribution in [0.15, 0.2) is 42.5 Å². The topological polar surface area (TPSA) is 88.2 Å². The number of carbonyl (C=O) groups is 3. The number of likely N-dealkylation sites (N-methyl/N-ethyl adjacent to an activating group) is 1. The zero-order valence-corrected chi connectivity index (χ0v) is 16.8. The van der Waals surface area contributed by atoms with Gasteiger partial charge in [-0.3, -0.25) is 19.3 Å². The predicted octanol–water partition coefficient (Wildman–Crippen LogP) is 1.60. The van der Waals surface area contributed by atoms with Gasteiger partial charge in [-0.05, 0) is 49.5 Å². The third-order valence-electron chi connectivity index (χ3n) is 6.51. The van der Waals surface area contributed by atoms with Crippen molar-refractivity contribution >= 4 is 29.1 Å². The normalized spacial score (nSPS) is 27.4. The molecule has 3 amide bonds. The number of fused-ring (bicyclic) bond motifs is 4. The Kier molecular flexibility index (Phi) is 3.91. The molecule has 8 nitrogen and oxygen atoms in total. The van der Waals surface area contributed by atoms with E-state index in [0.717, 1.165) is 0 Å². The van der Waals surface area contributed by atoms with Crippen LogP contribution in [-0.4, -0.2) is 50.4 Å². The first-order valence-electron chi connectivity index (χ1n) is 9.66. The average molecular weight is 407 g/mol. The Bertz CT molecular complexity index is 1080. The van der Waals surface area contributed by atoms with E-state index in [1.807, 2.05) is 4.90 Å². The van der Waals surface area contributed by atoms with Gasteiger partial charge in [-0.1, -0.05) is 0 Å². The van der Waals surface area contributed by atoms with E-state index in [1.54, 1.807) is 63.7 Å². The van der Waals surface area contributed by atoms with Crippen molar-refractivity contribution in [3.05, 3.63) is 48.0 Å². The zero-order valence-electron chi connectivity index (χ0n) is 16.8. The number of hydrogen-bond donors (Lipinski definition) is 1. The fourth-order valence-electron chi connectivity index (χ4n) is 5.15. The van der Waals surface area contributed by atoms with Gasteiger partial charge in [0, 0.05) is 17.8 Å². The molecular formula is C22H21N3O5. The van der Waals surface area contributed by atoms with Crippen molar-refractivity contribution in [3.63, 3.8) is 0 Å². The molecule has 2 fully saturated rings. The Morgan fingerprint density at radius 3 is 2.30 bits per heavy atom. The Morgan fingerprint density at radius 1 is 0.967 bits per heavy atom.